The first-order chi connectivity index (χ1) is 10.9. The van der Waals surface area contributed by atoms with E-state index in [1.54, 1.807) is 0 Å². The van der Waals surface area contributed by atoms with Crippen LogP contribution < -0.4 is 10.5 Å². The van der Waals surface area contributed by atoms with Gasteiger partial charge in [0.15, 0.2) is 5.96 Å². The topological polar surface area (TPSA) is 63.7 Å². The number of pyridine rings is 1. The Morgan fingerprint density at radius 3 is 2.74 bits per heavy atom. The van der Waals surface area contributed by atoms with Crippen molar-refractivity contribution in [3.8, 4) is 5.88 Å². The van der Waals surface area contributed by atoms with Crippen molar-refractivity contribution in [2.45, 2.75) is 6.18 Å². The highest BCUT2D eigenvalue weighted by atomic mass is 35.5. The summed E-state index contributed by atoms with van der Waals surface area (Å²) in [4.78, 5) is 9.75. The number of hydrogen-bond donors (Lipinski definition) is 1. The van der Waals surface area contributed by atoms with E-state index in [2.05, 4.69) is 9.98 Å². The summed E-state index contributed by atoms with van der Waals surface area (Å²) in [7, 11) is 0. The number of thioether (sulfide) groups is 1. The summed E-state index contributed by atoms with van der Waals surface area (Å²) < 4.78 is 42.7. The van der Waals surface area contributed by atoms with E-state index in [1.165, 1.54) is 0 Å². The van der Waals surface area contributed by atoms with Crippen LogP contribution in [0.1, 0.15) is 5.56 Å². The maximum Gasteiger partial charge on any atom is 0.417 e. The smallest absolute Gasteiger partial charge is 0.417 e. The highest BCUT2D eigenvalue weighted by Crippen LogP contribution is 2.32. The van der Waals surface area contributed by atoms with Crippen molar-refractivity contribution >= 4 is 29.3 Å². The summed E-state index contributed by atoms with van der Waals surface area (Å²) in [6.45, 7) is 2.11. The summed E-state index contributed by atoms with van der Waals surface area (Å²) in [5.41, 5.74) is 4.95. The average Bonchev–Trinajstić information content (AvgIpc) is 2.52. The molecule has 0 bridgehead atoms. The van der Waals surface area contributed by atoms with Gasteiger partial charge in [0.2, 0.25) is 5.88 Å². The second-order valence-electron chi connectivity index (χ2n) is 4.70. The van der Waals surface area contributed by atoms with Gasteiger partial charge in [0.05, 0.1) is 12.1 Å². The monoisotopic (exact) mass is 368 g/mol. The van der Waals surface area contributed by atoms with Gasteiger partial charge in [0, 0.05) is 30.8 Å². The molecule has 0 radical (unpaired) electrons. The van der Waals surface area contributed by atoms with E-state index in [9.17, 15) is 13.2 Å². The zero-order valence-corrected chi connectivity index (χ0v) is 13.7. The fourth-order valence-corrected chi connectivity index (χ4v) is 3.01. The summed E-state index contributed by atoms with van der Waals surface area (Å²) >= 11 is 7.61. The summed E-state index contributed by atoms with van der Waals surface area (Å²) in [5.74, 6) is 2.42. The molecule has 1 aromatic heterocycles. The molecule has 0 amide bonds. The van der Waals surface area contributed by atoms with Gasteiger partial charge in [0.25, 0.3) is 0 Å². The van der Waals surface area contributed by atoms with Crippen molar-refractivity contribution < 1.29 is 17.9 Å². The van der Waals surface area contributed by atoms with Gasteiger partial charge < -0.3 is 15.4 Å². The molecule has 1 aromatic rings. The fourth-order valence-electron chi connectivity index (χ4n) is 1.88. The van der Waals surface area contributed by atoms with E-state index in [1.807, 2.05) is 16.7 Å². The van der Waals surface area contributed by atoms with E-state index in [0.717, 1.165) is 30.7 Å². The van der Waals surface area contributed by atoms with Crippen LogP contribution in [0.15, 0.2) is 17.3 Å². The molecular weight excluding hydrogens is 353 g/mol. The number of halogens is 4. The molecule has 128 valence electrons. The minimum absolute atomic E-state index is 0.0530. The Balaban J connectivity index is 1.84. The van der Waals surface area contributed by atoms with Crippen LogP contribution in [0.4, 0.5) is 13.2 Å². The molecule has 1 saturated heterocycles. The molecule has 0 saturated carbocycles. The number of aliphatic imine (C=N–C) groups is 1. The number of ether oxygens (including phenoxy) is 1. The normalized spacial score (nSPS) is 16.5. The number of rotatable bonds is 4. The van der Waals surface area contributed by atoms with Gasteiger partial charge in [-0.2, -0.15) is 24.9 Å². The SMILES string of the molecule is NC(=NCCOc1ncc(C(F)(F)F)cc1Cl)N1CCSCC1. The number of guanidine groups is 1. The molecule has 10 heteroatoms. The lowest BCUT2D eigenvalue weighted by Crippen LogP contribution is -2.42. The molecule has 0 aliphatic carbocycles. The average molecular weight is 369 g/mol. The van der Waals surface area contributed by atoms with Gasteiger partial charge in [-0.3, -0.25) is 0 Å². The van der Waals surface area contributed by atoms with Gasteiger partial charge in [-0.25, -0.2) is 9.98 Å². The second kappa shape index (κ2) is 7.96. The molecule has 23 heavy (non-hydrogen) atoms. The summed E-state index contributed by atoms with van der Waals surface area (Å²) in [6, 6.07) is 0.785. The maximum atomic E-state index is 12.5. The highest BCUT2D eigenvalue weighted by Gasteiger charge is 2.31. The third-order valence-corrected chi connectivity index (χ3v) is 4.29. The van der Waals surface area contributed by atoms with Crippen LogP contribution in [0.5, 0.6) is 5.88 Å². The Morgan fingerprint density at radius 1 is 1.43 bits per heavy atom. The van der Waals surface area contributed by atoms with Crippen molar-refractivity contribution in [3.63, 3.8) is 0 Å². The van der Waals surface area contributed by atoms with Crippen molar-refractivity contribution in [1.82, 2.24) is 9.88 Å². The molecule has 1 fully saturated rings. The third kappa shape index (κ3) is 5.35. The van der Waals surface area contributed by atoms with Crippen molar-refractivity contribution in [1.29, 1.82) is 0 Å². The Morgan fingerprint density at radius 2 is 2.13 bits per heavy atom. The largest absolute Gasteiger partial charge is 0.475 e. The maximum absolute atomic E-state index is 12.5. The quantitative estimate of drug-likeness (QED) is 0.502. The first kappa shape index (κ1) is 18.0. The molecule has 0 aromatic carbocycles. The van der Waals surface area contributed by atoms with Crippen LogP contribution in [-0.2, 0) is 6.18 Å². The number of hydrogen-bond acceptors (Lipinski definition) is 4. The molecule has 1 aliphatic heterocycles. The van der Waals surface area contributed by atoms with E-state index in [0.29, 0.717) is 12.2 Å². The van der Waals surface area contributed by atoms with Crippen molar-refractivity contribution in [3.05, 3.63) is 22.8 Å². The van der Waals surface area contributed by atoms with E-state index < -0.39 is 11.7 Å². The molecule has 0 unspecified atom stereocenters. The van der Waals surface area contributed by atoms with E-state index in [-0.39, 0.29) is 24.1 Å². The zero-order valence-electron chi connectivity index (χ0n) is 12.1. The number of alkyl halides is 3. The minimum atomic E-state index is -4.49. The molecule has 0 atom stereocenters. The molecule has 2 rings (SSSR count). The summed E-state index contributed by atoms with van der Waals surface area (Å²) in [5, 5.41) is -0.190. The molecule has 2 N–H and O–H groups in total. The zero-order chi connectivity index (χ0) is 16.9. The van der Waals surface area contributed by atoms with Crippen LogP contribution >= 0.6 is 23.4 Å². The predicted octanol–water partition coefficient (Wildman–Crippen LogP) is 2.50. The Hall–Kier alpha value is -1.35. The fraction of sp³-hybridized carbons (Fsp3) is 0.538. The van der Waals surface area contributed by atoms with Crippen LogP contribution in [0, 0.1) is 0 Å². The lowest BCUT2D eigenvalue weighted by molar-refractivity contribution is -0.137. The van der Waals surface area contributed by atoms with Gasteiger partial charge in [-0.15, -0.1) is 0 Å². The standard InChI is InChI=1S/C13H16ClF3N4OS/c14-10-7-9(13(15,16)17)8-20-11(10)22-4-1-19-12(18)21-2-5-23-6-3-21/h7-8H,1-6H2,(H2,18,19). The first-order valence-corrected chi connectivity index (χ1v) is 8.39. The summed E-state index contributed by atoms with van der Waals surface area (Å²) in [6.07, 6.45) is -3.80. The van der Waals surface area contributed by atoms with Gasteiger partial charge in [-0.1, -0.05) is 11.6 Å². The van der Waals surface area contributed by atoms with E-state index >= 15 is 0 Å². The number of nitrogens with two attached hydrogens (primary N) is 1. The minimum Gasteiger partial charge on any atom is -0.475 e. The van der Waals surface area contributed by atoms with Crippen LogP contribution in [-0.4, -0.2) is 53.6 Å². The van der Waals surface area contributed by atoms with Gasteiger partial charge in [-0.05, 0) is 6.07 Å². The molecule has 2 heterocycles. The lowest BCUT2D eigenvalue weighted by atomic mass is 10.3. The Bertz CT molecular complexity index is 565. The molecular formula is C13H16ClF3N4OS. The van der Waals surface area contributed by atoms with E-state index in [4.69, 9.17) is 22.1 Å². The predicted molar refractivity (Wildman–Crippen MR) is 85.1 cm³/mol. The highest BCUT2D eigenvalue weighted by molar-refractivity contribution is 7.99. The molecule has 5 nitrogen and oxygen atoms in total. The third-order valence-electron chi connectivity index (χ3n) is 3.07. The first-order valence-electron chi connectivity index (χ1n) is 6.86. The van der Waals surface area contributed by atoms with Gasteiger partial charge in [0.1, 0.15) is 11.6 Å². The van der Waals surface area contributed by atoms with Crippen LogP contribution in [0.2, 0.25) is 5.02 Å². The molecule has 1 aliphatic rings. The number of aromatic nitrogens is 1. The molecule has 0 spiro atoms. The second-order valence-corrected chi connectivity index (χ2v) is 6.33. The van der Waals surface area contributed by atoms with Crippen LogP contribution in [0.25, 0.3) is 0 Å². The van der Waals surface area contributed by atoms with Crippen molar-refractivity contribution in [2.75, 3.05) is 37.7 Å². The van der Waals surface area contributed by atoms with Crippen LogP contribution in [0.3, 0.4) is 0 Å². The van der Waals surface area contributed by atoms with Crippen molar-refractivity contribution in [2.24, 2.45) is 10.7 Å². The number of nitrogens with zero attached hydrogens (tertiary/aromatic N) is 3. The Labute approximate surface area is 141 Å². The van der Waals surface area contributed by atoms with Gasteiger partial charge >= 0.3 is 6.18 Å². The Kier molecular flexibility index (Phi) is 6.23. The lowest BCUT2D eigenvalue weighted by Gasteiger charge is -2.27.